The first kappa shape index (κ1) is 41.4. The van der Waals surface area contributed by atoms with Crippen molar-refractivity contribution in [2.45, 2.75) is 77.7 Å². The number of hydrogen-bond acceptors (Lipinski definition) is 11. The van der Waals surface area contributed by atoms with Gasteiger partial charge in [0.25, 0.3) is 5.91 Å². The summed E-state index contributed by atoms with van der Waals surface area (Å²) in [7, 11) is 0. The van der Waals surface area contributed by atoms with Gasteiger partial charge in [0.2, 0.25) is 17.6 Å². The van der Waals surface area contributed by atoms with Gasteiger partial charge in [0.15, 0.2) is 6.17 Å². The van der Waals surface area contributed by atoms with Crippen molar-refractivity contribution in [1.82, 2.24) is 20.9 Å². The number of piperazine rings is 1. The van der Waals surface area contributed by atoms with E-state index in [0.29, 0.717) is 39.8 Å². The van der Waals surface area contributed by atoms with Crippen LogP contribution in [0.4, 0.5) is 11.4 Å². The van der Waals surface area contributed by atoms with Crippen LogP contribution < -0.4 is 30.5 Å². The van der Waals surface area contributed by atoms with Gasteiger partial charge >= 0.3 is 0 Å². The molecule has 14 heteroatoms. The van der Waals surface area contributed by atoms with E-state index in [1.165, 1.54) is 0 Å². The predicted octanol–water partition coefficient (Wildman–Crippen LogP) is 5.20. The van der Waals surface area contributed by atoms with Crippen LogP contribution in [0.2, 0.25) is 5.02 Å². The van der Waals surface area contributed by atoms with E-state index in [4.69, 9.17) is 16.3 Å². The number of carbonyl (C=O) groups excluding carboxylic acids is 4. The normalized spacial score (nSPS) is 25.2. The predicted molar refractivity (Wildman–Crippen MR) is 231 cm³/mol. The molecule has 60 heavy (non-hydrogen) atoms. The first-order valence-corrected chi connectivity index (χ1v) is 21.4. The number of ketones is 1. The van der Waals surface area contributed by atoms with Crippen LogP contribution in [0.1, 0.15) is 85.2 Å². The maximum atomic E-state index is 13.5. The second-order valence-corrected chi connectivity index (χ2v) is 18.4. The average Bonchev–Trinajstić information content (AvgIpc) is 3.24. The summed E-state index contributed by atoms with van der Waals surface area (Å²) in [4.78, 5) is 62.6. The molecule has 1 unspecified atom stereocenters. The molecular weight excluding hydrogens is 780 g/mol. The molecule has 4 heterocycles. The van der Waals surface area contributed by atoms with Gasteiger partial charge in [-0.15, -0.1) is 0 Å². The molecule has 3 saturated heterocycles. The van der Waals surface area contributed by atoms with Crippen molar-refractivity contribution in [3.05, 3.63) is 87.9 Å². The van der Waals surface area contributed by atoms with Gasteiger partial charge in [-0.25, -0.2) is 0 Å². The molecule has 3 aromatic rings. The maximum Gasteiger partial charge on any atom is 0.251 e. The lowest BCUT2D eigenvalue weighted by Gasteiger charge is -2.63. The molecule has 4 fully saturated rings. The first-order chi connectivity index (χ1) is 28.7. The van der Waals surface area contributed by atoms with Crippen LogP contribution in [0, 0.1) is 28.1 Å². The Bertz CT molecular complexity index is 2220. The number of imide groups is 1. The molecule has 314 valence electrons. The number of aliphatic imine (C=N–C) groups is 1. The van der Waals surface area contributed by atoms with Crippen molar-refractivity contribution in [2.24, 2.45) is 21.7 Å². The Kier molecular flexibility index (Phi) is 11.5. The van der Waals surface area contributed by atoms with E-state index in [1.807, 2.05) is 24.3 Å². The first-order valence-electron chi connectivity index (χ1n) is 21.0. The molecule has 1 aliphatic carbocycles. The zero-order chi connectivity index (χ0) is 42.3. The second kappa shape index (κ2) is 16.6. The number of Topliss-reactive ketones (excluding diaryl/α,β-unsaturated/α-hetero) is 1. The molecule has 13 nitrogen and oxygen atoms in total. The number of anilines is 2. The molecular formula is C46H53ClN8O5. The minimum absolute atomic E-state index is 0.104. The minimum atomic E-state index is -0.858. The smallest absolute Gasteiger partial charge is 0.251 e. The number of amides is 3. The third-order valence-corrected chi connectivity index (χ3v) is 13.6. The lowest BCUT2D eigenvalue weighted by Crippen LogP contribution is -2.74. The molecule has 2 atom stereocenters. The number of carbonyl (C=O) groups is 4. The summed E-state index contributed by atoms with van der Waals surface area (Å²) >= 11 is 6.26. The number of halogens is 1. The summed E-state index contributed by atoms with van der Waals surface area (Å²) in [5.41, 5.74) is 3.88. The van der Waals surface area contributed by atoms with Gasteiger partial charge in [-0.05, 0) is 67.6 Å². The van der Waals surface area contributed by atoms with E-state index in [0.717, 1.165) is 75.6 Å². The quantitative estimate of drug-likeness (QED) is 0.232. The molecule has 3 N–H and O–H groups in total. The summed E-state index contributed by atoms with van der Waals surface area (Å²) in [5, 5.41) is 18.2. The maximum absolute atomic E-state index is 13.5. The number of nitrogens with one attached hydrogen (secondary N) is 3. The number of hydrogen-bond donors (Lipinski definition) is 3. The Hall–Kier alpha value is -5.29. The lowest BCUT2D eigenvalue weighted by molar-refractivity contribution is -0.164. The van der Waals surface area contributed by atoms with Crippen molar-refractivity contribution in [1.29, 1.82) is 5.26 Å². The minimum Gasteiger partial charge on any atom is -0.489 e. The van der Waals surface area contributed by atoms with E-state index in [1.54, 1.807) is 24.4 Å². The number of nitrogens with zero attached hydrogens (tertiary/aromatic N) is 5. The van der Waals surface area contributed by atoms with Gasteiger partial charge in [-0.3, -0.25) is 39.7 Å². The topological polar surface area (TPSA) is 159 Å². The monoisotopic (exact) mass is 832 g/mol. The number of piperidine rings is 2. The summed E-state index contributed by atoms with van der Waals surface area (Å²) in [5.74, 6) is 0.226. The SMILES string of the molecule is CC1(C)[C@H](NC(=O)c2ccc(N3CCC(CN4CCN(c5cccc6c5C=NC(N[C@H]5CCC(=O)NC5=O)C6=O)CC4)CC3)cc2)C(C)(C)[C@H]1Oc1ccc(C#N)c(Cl)c1. The molecule has 0 radical (unpaired) electrons. The summed E-state index contributed by atoms with van der Waals surface area (Å²) < 4.78 is 6.39. The highest BCUT2D eigenvalue weighted by atomic mass is 35.5. The number of benzene rings is 3. The zero-order valence-corrected chi connectivity index (χ0v) is 35.4. The van der Waals surface area contributed by atoms with Crippen molar-refractivity contribution in [3.8, 4) is 11.8 Å². The van der Waals surface area contributed by atoms with Gasteiger partial charge in [0, 0.05) is 109 Å². The van der Waals surface area contributed by atoms with Crippen LogP contribution in [-0.4, -0.2) is 105 Å². The van der Waals surface area contributed by atoms with Crippen LogP contribution in [0.3, 0.4) is 0 Å². The van der Waals surface area contributed by atoms with E-state index in [9.17, 15) is 24.4 Å². The molecule has 5 aliphatic rings. The summed E-state index contributed by atoms with van der Waals surface area (Å²) in [6, 6.07) is 20.2. The Morgan fingerprint density at radius 3 is 2.32 bits per heavy atom. The fourth-order valence-corrected chi connectivity index (χ4v) is 10.5. The second-order valence-electron chi connectivity index (χ2n) is 18.0. The van der Waals surface area contributed by atoms with Crippen molar-refractivity contribution in [3.63, 3.8) is 0 Å². The molecule has 4 aliphatic heterocycles. The fraction of sp³-hybridized carbons (Fsp3) is 0.478. The van der Waals surface area contributed by atoms with Crippen LogP contribution >= 0.6 is 11.6 Å². The molecule has 3 aromatic carbocycles. The molecule has 8 rings (SSSR count). The Morgan fingerprint density at radius 2 is 1.65 bits per heavy atom. The van der Waals surface area contributed by atoms with E-state index in [2.05, 4.69) is 87.6 Å². The van der Waals surface area contributed by atoms with Gasteiger partial charge < -0.3 is 19.9 Å². The lowest BCUT2D eigenvalue weighted by atomic mass is 9.49. The highest BCUT2D eigenvalue weighted by Gasteiger charge is 2.64. The third kappa shape index (κ3) is 8.12. The largest absolute Gasteiger partial charge is 0.489 e. The molecule has 3 amide bonds. The Labute approximate surface area is 356 Å². The average molecular weight is 833 g/mol. The highest BCUT2D eigenvalue weighted by Crippen LogP contribution is 2.55. The fourth-order valence-electron chi connectivity index (χ4n) is 10.2. The third-order valence-electron chi connectivity index (χ3n) is 13.3. The highest BCUT2D eigenvalue weighted by molar-refractivity contribution is 6.31. The van der Waals surface area contributed by atoms with Gasteiger partial charge in [0.05, 0.1) is 16.6 Å². The van der Waals surface area contributed by atoms with Gasteiger partial charge in [-0.1, -0.05) is 51.4 Å². The Morgan fingerprint density at radius 1 is 0.933 bits per heavy atom. The van der Waals surface area contributed by atoms with Gasteiger partial charge in [-0.2, -0.15) is 5.26 Å². The number of ether oxygens (including phenoxy) is 1. The van der Waals surface area contributed by atoms with Crippen LogP contribution in [0.5, 0.6) is 5.75 Å². The van der Waals surface area contributed by atoms with E-state index in [-0.39, 0.29) is 47.0 Å². The zero-order valence-electron chi connectivity index (χ0n) is 34.7. The van der Waals surface area contributed by atoms with E-state index < -0.39 is 18.1 Å². The van der Waals surface area contributed by atoms with Crippen molar-refractivity contribution < 1.29 is 23.9 Å². The number of fused-ring (bicyclic) bond motifs is 1. The van der Waals surface area contributed by atoms with Crippen LogP contribution in [0.15, 0.2) is 65.7 Å². The van der Waals surface area contributed by atoms with Crippen LogP contribution in [-0.2, 0) is 9.59 Å². The van der Waals surface area contributed by atoms with Crippen molar-refractivity contribution in [2.75, 3.05) is 55.6 Å². The van der Waals surface area contributed by atoms with Crippen molar-refractivity contribution >= 4 is 52.7 Å². The molecule has 0 aromatic heterocycles. The molecule has 0 bridgehead atoms. The van der Waals surface area contributed by atoms with Crippen LogP contribution in [0.25, 0.3) is 0 Å². The standard InChI is InChI=1S/C46H53ClN8O5/c1-45(2)43(46(3,4)44(45)60-32-13-10-30(25-48)35(47)24-32)52-41(58)29-8-11-31(12-9-29)54-18-16-28(17-19-54)27-53-20-22-55(23-21-53)37-7-5-6-33-34(37)26-49-40(39(33)57)50-36-14-15-38(56)51-42(36)59/h5-13,24,26,28,36,40,43-44,50H,14-23,27H2,1-4H3,(H,52,58)(H,51,56,59)/t36-,40?,43-,44-/m0/s1. The summed E-state index contributed by atoms with van der Waals surface area (Å²) in [6.45, 7) is 15.0. The molecule has 1 saturated carbocycles. The van der Waals surface area contributed by atoms with E-state index >= 15 is 0 Å². The van der Waals surface area contributed by atoms with Gasteiger partial charge in [0.1, 0.15) is 17.9 Å². The number of rotatable bonds is 10. The number of nitriles is 1. The molecule has 0 spiro atoms. The summed E-state index contributed by atoms with van der Waals surface area (Å²) in [6.07, 6.45) is 3.50. The Balaban J connectivity index is 0.788.